The topological polar surface area (TPSA) is 60.2 Å². The summed E-state index contributed by atoms with van der Waals surface area (Å²) in [5, 5.41) is 8.61. The molecule has 3 heterocycles. The highest BCUT2D eigenvalue weighted by molar-refractivity contribution is 5.92. The number of piperidine rings is 1. The van der Waals surface area contributed by atoms with Gasteiger partial charge < -0.3 is 9.64 Å². The number of amides is 1. The fourth-order valence-corrected chi connectivity index (χ4v) is 3.83. The number of carbonyl (C=O) groups is 1. The first-order chi connectivity index (χ1) is 11.3. The lowest BCUT2D eigenvalue weighted by Crippen LogP contribution is -2.48. The molecule has 2 unspecified atom stereocenters. The summed E-state index contributed by atoms with van der Waals surface area (Å²) in [7, 11) is 1.76. The Balaban J connectivity index is 1.55. The van der Waals surface area contributed by atoms with Crippen LogP contribution in [0.1, 0.15) is 36.2 Å². The van der Waals surface area contributed by atoms with Crippen molar-refractivity contribution in [1.82, 2.24) is 19.9 Å². The van der Waals surface area contributed by atoms with Crippen LogP contribution in [0.3, 0.4) is 0 Å². The van der Waals surface area contributed by atoms with E-state index in [1.807, 2.05) is 35.2 Å². The first-order valence-electron chi connectivity index (χ1n) is 8.09. The van der Waals surface area contributed by atoms with Gasteiger partial charge >= 0.3 is 0 Å². The summed E-state index contributed by atoms with van der Waals surface area (Å²) in [6.07, 6.45) is 5.80. The minimum absolute atomic E-state index is 0.00534. The van der Waals surface area contributed by atoms with Crippen molar-refractivity contribution in [3.8, 4) is 5.69 Å². The van der Waals surface area contributed by atoms with Crippen LogP contribution in [-0.4, -0.2) is 51.1 Å². The zero-order chi connectivity index (χ0) is 15.8. The smallest absolute Gasteiger partial charge is 0.276 e. The van der Waals surface area contributed by atoms with Gasteiger partial charge in [-0.25, -0.2) is 0 Å². The Hall–Kier alpha value is -2.21. The number of hydrogen-bond acceptors (Lipinski definition) is 4. The number of para-hydroxylation sites is 1. The maximum Gasteiger partial charge on any atom is 0.276 e. The molecule has 4 rings (SSSR count). The second-order valence-corrected chi connectivity index (χ2v) is 6.28. The largest absolute Gasteiger partial charge is 0.381 e. The van der Waals surface area contributed by atoms with Crippen molar-refractivity contribution in [2.75, 3.05) is 7.11 Å². The molecule has 1 aromatic heterocycles. The van der Waals surface area contributed by atoms with E-state index in [0.717, 1.165) is 31.4 Å². The van der Waals surface area contributed by atoms with Gasteiger partial charge in [-0.15, -0.1) is 5.10 Å². The summed E-state index contributed by atoms with van der Waals surface area (Å²) in [4.78, 5) is 16.4. The van der Waals surface area contributed by atoms with Crippen molar-refractivity contribution < 1.29 is 9.53 Å². The molecule has 2 aliphatic rings. The van der Waals surface area contributed by atoms with E-state index in [2.05, 4.69) is 10.2 Å². The summed E-state index contributed by atoms with van der Waals surface area (Å²) in [6.45, 7) is 0. The number of fused-ring (bicyclic) bond motifs is 2. The van der Waals surface area contributed by atoms with E-state index in [4.69, 9.17) is 4.74 Å². The van der Waals surface area contributed by atoms with Crippen molar-refractivity contribution in [3.05, 3.63) is 42.2 Å². The zero-order valence-corrected chi connectivity index (χ0v) is 13.1. The van der Waals surface area contributed by atoms with E-state index >= 15 is 0 Å². The highest BCUT2D eigenvalue weighted by Gasteiger charge is 2.44. The van der Waals surface area contributed by atoms with Crippen LogP contribution in [0.25, 0.3) is 5.69 Å². The molecule has 2 fully saturated rings. The van der Waals surface area contributed by atoms with Crippen molar-refractivity contribution in [3.63, 3.8) is 0 Å². The molecular weight excluding hydrogens is 292 g/mol. The normalized spacial score (nSPS) is 26.5. The van der Waals surface area contributed by atoms with Gasteiger partial charge in [-0.3, -0.25) is 4.79 Å². The number of ether oxygens (including phenoxy) is 1. The van der Waals surface area contributed by atoms with Gasteiger partial charge in [0.15, 0.2) is 5.69 Å². The molecular formula is C17H20N4O2. The average molecular weight is 312 g/mol. The fourth-order valence-electron chi connectivity index (χ4n) is 3.83. The molecule has 2 aliphatic heterocycles. The van der Waals surface area contributed by atoms with Gasteiger partial charge in [0, 0.05) is 19.2 Å². The highest BCUT2D eigenvalue weighted by Crippen LogP contribution is 2.37. The van der Waals surface area contributed by atoms with Gasteiger partial charge in [-0.05, 0) is 37.8 Å². The number of rotatable bonds is 3. The third-order valence-corrected chi connectivity index (χ3v) is 4.96. The Morgan fingerprint density at radius 3 is 2.52 bits per heavy atom. The third kappa shape index (κ3) is 2.53. The van der Waals surface area contributed by atoms with Crippen LogP contribution in [0.5, 0.6) is 0 Å². The lowest BCUT2D eigenvalue weighted by atomic mass is 9.99. The summed E-state index contributed by atoms with van der Waals surface area (Å²) in [6, 6.07) is 10.2. The number of aromatic nitrogens is 3. The van der Waals surface area contributed by atoms with E-state index in [1.165, 1.54) is 4.80 Å². The maximum absolute atomic E-state index is 12.9. The maximum atomic E-state index is 12.9. The molecule has 0 aliphatic carbocycles. The quantitative estimate of drug-likeness (QED) is 0.870. The molecule has 120 valence electrons. The fraction of sp³-hybridized carbons (Fsp3) is 0.471. The average Bonchev–Trinajstić information content (AvgIpc) is 3.18. The van der Waals surface area contributed by atoms with Crippen LogP contribution < -0.4 is 0 Å². The third-order valence-electron chi connectivity index (χ3n) is 4.96. The Bertz CT molecular complexity index is 686. The van der Waals surface area contributed by atoms with E-state index < -0.39 is 0 Å². The van der Waals surface area contributed by atoms with Crippen LogP contribution in [0.2, 0.25) is 0 Å². The second-order valence-electron chi connectivity index (χ2n) is 6.28. The van der Waals surface area contributed by atoms with Crippen LogP contribution in [0.4, 0.5) is 0 Å². The number of nitrogens with zero attached hydrogens (tertiary/aromatic N) is 4. The molecule has 0 radical (unpaired) electrons. The van der Waals surface area contributed by atoms with E-state index in [0.29, 0.717) is 5.69 Å². The first-order valence-corrected chi connectivity index (χ1v) is 8.09. The van der Waals surface area contributed by atoms with Crippen LogP contribution in [0, 0.1) is 0 Å². The number of hydrogen-bond donors (Lipinski definition) is 0. The molecule has 6 heteroatoms. The SMILES string of the molecule is COC1CC2CCC(C1)N2C(=O)c1cnn(-c2ccccc2)n1. The standard InChI is InChI=1S/C17H20N4O2/c1-23-15-9-13-7-8-14(10-15)20(13)17(22)16-11-18-21(19-16)12-5-3-2-4-6-12/h2-6,11,13-15H,7-10H2,1H3. The van der Waals surface area contributed by atoms with Crippen molar-refractivity contribution in [1.29, 1.82) is 0 Å². The van der Waals surface area contributed by atoms with Gasteiger partial charge in [0.1, 0.15) is 0 Å². The lowest BCUT2D eigenvalue weighted by molar-refractivity contribution is 0.00792. The number of methoxy groups -OCH3 is 1. The van der Waals surface area contributed by atoms with Crippen LogP contribution >= 0.6 is 0 Å². The molecule has 2 atom stereocenters. The van der Waals surface area contributed by atoms with Crippen molar-refractivity contribution in [2.24, 2.45) is 0 Å². The van der Waals surface area contributed by atoms with Crippen LogP contribution in [-0.2, 0) is 4.74 Å². The van der Waals surface area contributed by atoms with Crippen molar-refractivity contribution in [2.45, 2.75) is 43.9 Å². The predicted octanol–water partition coefficient (Wildman–Crippen LogP) is 2.05. The minimum atomic E-state index is -0.00534. The molecule has 0 saturated carbocycles. The van der Waals surface area contributed by atoms with E-state index in [-0.39, 0.29) is 24.1 Å². The number of carbonyl (C=O) groups excluding carboxylic acids is 1. The predicted molar refractivity (Wildman–Crippen MR) is 84.4 cm³/mol. The van der Waals surface area contributed by atoms with Gasteiger partial charge in [-0.2, -0.15) is 9.90 Å². The molecule has 2 saturated heterocycles. The lowest BCUT2D eigenvalue weighted by Gasteiger charge is -2.37. The first kappa shape index (κ1) is 14.4. The van der Waals surface area contributed by atoms with Gasteiger partial charge in [0.2, 0.25) is 0 Å². The van der Waals surface area contributed by atoms with Gasteiger partial charge in [0.25, 0.3) is 5.91 Å². The molecule has 2 bridgehead atoms. The summed E-state index contributed by atoms with van der Waals surface area (Å²) < 4.78 is 5.50. The molecule has 2 aromatic rings. The van der Waals surface area contributed by atoms with E-state index in [1.54, 1.807) is 13.3 Å². The van der Waals surface area contributed by atoms with Gasteiger partial charge in [0.05, 0.1) is 18.0 Å². The molecule has 0 spiro atoms. The monoisotopic (exact) mass is 312 g/mol. The minimum Gasteiger partial charge on any atom is -0.381 e. The molecule has 0 N–H and O–H groups in total. The highest BCUT2D eigenvalue weighted by atomic mass is 16.5. The Morgan fingerprint density at radius 2 is 1.87 bits per heavy atom. The van der Waals surface area contributed by atoms with Crippen molar-refractivity contribution >= 4 is 5.91 Å². The number of benzene rings is 1. The Morgan fingerprint density at radius 1 is 1.17 bits per heavy atom. The summed E-state index contributed by atoms with van der Waals surface area (Å²) in [5.41, 5.74) is 1.27. The summed E-state index contributed by atoms with van der Waals surface area (Å²) >= 11 is 0. The zero-order valence-electron chi connectivity index (χ0n) is 13.1. The molecule has 6 nitrogen and oxygen atoms in total. The van der Waals surface area contributed by atoms with E-state index in [9.17, 15) is 4.79 Å². The molecule has 23 heavy (non-hydrogen) atoms. The van der Waals surface area contributed by atoms with Gasteiger partial charge in [-0.1, -0.05) is 18.2 Å². The van der Waals surface area contributed by atoms with Crippen LogP contribution in [0.15, 0.2) is 36.5 Å². The molecule has 1 amide bonds. The second kappa shape index (κ2) is 5.77. The summed E-state index contributed by atoms with van der Waals surface area (Å²) in [5.74, 6) is -0.00534. The molecule has 1 aromatic carbocycles. The Labute approximate surface area is 135 Å². The Kier molecular flexibility index (Phi) is 3.61.